The third-order valence-electron chi connectivity index (χ3n) is 2.32. The Bertz CT molecular complexity index is 790. The van der Waals surface area contributed by atoms with Crippen molar-refractivity contribution in [2.24, 2.45) is 0 Å². The van der Waals surface area contributed by atoms with Crippen molar-refractivity contribution >= 4 is 31.9 Å². The molecule has 1 aromatic heterocycles. The van der Waals surface area contributed by atoms with Crippen molar-refractivity contribution < 1.29 is 18.3 Å². The van der Waals surface area contributed by atoms with Gasteiger partial charge in [-0.3, -0.25) is 9.15 Å². The van der Waals surface area contributed by atoms with Crippen LogP contribution in [0, 0.1) is 0 Å². The van der Waals surface area contributed by atoms with Gasteiger partial charge in [0.25, 0.3) is 0 Å². The molecule has 0 radical (unpaired) electrons. The minimum atomic E-state index is -1.07. The van der Waals surface area contributed by atoms with Crippen LogP contribution in [0.2, 0.25) is 0 Å². The molecule has 0 aliphatic carbocycles. The van der Waals surface area contributed by atoms with E-state index in [1.165, 1.54) is 11.3 Å². The first kappa shape index (κ1) is 11.6. The Kier molecular flexibility index (Phi) is 3.07. The van der Waals surface area contributed by atoms with Gasteiger partial charge in [-0.15, -0.1) is 11.3 Å². The summed E-state index contributed by atoms with van der Waals surface area (Å²) < 4.78 is 20.4. The van der Waals surface area contributed by atoms with E-state index in [-0.39, 0.29) is 0 Å². The van der Waals surface area contributed by atoms with Crippen LogP contribution in [0.15, 0.2) is 71.6 Å². The monoisotopic (exact) mass is 276 g/mol. The highest BCUT2D eigenvalue weighted by atomic mass is 32.1. The van der Waals surface area contributed by atoms with Gasteiger partial charge in [0.2, 0.25) is 0 Å². The normalized spacial score (nSPS) is 10.3. The fraction of sp³-hybridized carbons (Fsp3) is 0. The zero-order valence-electron chi connectivity index (χ0n) is 9.57. The van der Waals surface area contributed by atoms with E-state index in [0.29, 0.717) is 11.2 Å². The van der Waals surface area contributed by atoms with Gasteiger partial charge < -0.3 is 0 Å². The van der Waals surface area contributed by atoms with Gasteiger partial charge in [0.05, 0.1) is 9.40 Å². The van der Waals surface area contributed by atoms with Gasteiger partial charge in [0, 0.05) is 0 Å². The SMILES string of the molecule is O=c1ooc2ccccc2sc2ccccc2oo1. The molecule has 0 atom stereocenters. The van der Waals surface area contributed by atoms with Gasteiger partial charge in [0.15, 0.2) is 11.2 Å². The van der Waals surface area contributed by atoms with Crippen molar-refractivity contribution in [2.75, 3.05) is 0 Å². The molecular weight excluding hydrogens is 268 g/mol. The molecule has 2 aromatic carbocycles. The molecule has 0 N–H and O–H groups in total. The molecule has 3 rings (SSSR count). The average Bonchev–Trinajstić information content (AvgIpc) is 2.45. The van der Waals surface area contributed by atoms with Crippen LogP contribution in [0.4, 0.5) is 0 Å². The molecule has 6 heteroatoms. The van der Waals surface area contributed by atoms with Crippen LogP contribution in [0.1, 0.15) is 0 Å². The van der Waals surface area contributed by atoms with Gasteiger partial charge in [0.1, 0.15) is 0 Å². The van der Waals surface area contributed by atoms with E-state index >= 15 is 0 Å². The third kappa shape index (κ3) is 2.53. The van der Waals surface area contributed by atoms with Crippen LogP contribution in [0.5, 0.6) is 0 Å². The van der Waals surface area contributed by atoms with E-state index in [1.807, 2.05) is 24.3 Å². The molecule has 0 saturated carbocycles. The molecule has 0 saturated heterocycles. The molecule has 0 fully saturated rings. The molecule has 1 heterocycles. The van der Waals surface area contributed by atoms with E-state index in [1.54, 1.807) is 24.3 Å². The van der Waals surface area contributed by atoms with Gasteiger partial charge in [-0.25, -0.2) is 9.15 Å². The number of rotatable bonds is 0. The molecule has 0 aliphatic heterocycles. The molecule has 5 nitrogen and oxygen atoms in total. The fourth-order valence-corrected chi connectivity index (χ4v) is 2.43. The van der Waals surface area contributed by atoms with Crippen LogP contribution in [0.25, 0.3) is 20.6 Å². The van der Waals surface area contributed by atoms with E-state index in [2.05, 4.69) is 9.15 Å². The molecule has 0 bridgehead atoms. The Morgan fingerprint density at radius 3 is 1.68 bits per heavy atom. The summed E-state index contributed by atoms with van der Waals surface area (Å²) in [5, 5.41) is 0. The molecule has 0 unspecified atom stereocenters. The minimum Gasteiger partial charge on any atom is -0.282 e. The predicted molar refractivity (Wildman–Crippen MR) is 69.9 cm³/mol. The summed E-state index contributed by atoms with van der Waals surface area (Å²) >= 11 is 1.42. The summed E-state index contributed by atoms with van der Waals surface area (Å²) in [6.07, 6.45) is 0. The third-order valence-corrected chi connectivity index (χ3v) is 3.43. The Morgan fingerprint density at radius 1 is 0.684 bits per heavy atom. The molecule has 3 aromatic rings. The summed E-state index contributed by atoms with van der Waals surface area (Å²) in [5.74, 6) is -1.07. The van der Waals surface area contributed by atoms with Crippen molar-refractivity contribution in [1.29, 1.82) is 0 Å². The second-order valence-corrected chi connectivity index (χ2v) is 4.66. The van der Waals surface area contributed by atoms with Crippen molar-refractivity contribution in [1.82, 2.24) is 0 Å². The standard InChI is InChI=1S/C13H8O5S/c14-13-17-15-9-5-1-3-7-11(9)19-12-8-4-2-6-10(12)16-18-13/h1-8H. The summed E-state index contributed by atoms with van der Waals surface area (Å²) in [7, 11) is 0. The van der Waals surface area contributed by atoms with E-state index < -0.39 is 5.82 Å². The number of para-hydroxylation sites is 2. The average molecular weight is 276 g/mol. The summed E-state index contributed by atoms with van der Waals surface area (Å²) in [5.41, 5.74) is 0.863. The summed E-state index contributed by atoms with van der Waals surface area (Å²) in [4.78, 5) is 11.2. The lowest BCUT2D eigenvalue weighted by atomic mass is 10.3. The Labute approximate surface area is 110 Å². The van der Waals surface area contributed by atoms with Gasteiger partial charge >= 0.3 is 5.82 Å². The highest BCUT2D eigenvalue weighted by Gasteiger charge is 1.97. The molecule has 0 amide bonds. The Morgan fingerprint density at radius 2 is 1.16 bits per heavy atom. The van der Waals surface area contributed by atoms with E-state index in [4.69, 9.17) is 9.15 Å². The summed E-state index contributed by atoms with van der Waals surface area (Å²) in [6.45, 7) is 0. The number of fused-ring (bicyclic) bond motifs is 2. The van der Waals surface area contributed by atoms with Crippen LogP contribution >= 0.6 is 11.3 Å². The maximum Gasteiger partial charge on any atom is 0.591 e. The maximum absolute atomic E-state index is 11.2. The molecule has 0 spiro atoms. The molecule has 0 aliphatic rings. The Hall–Kier alpha value is -2.47. The second kappa shape index (κ2) is 5.03. The largest absolute Gasteiger partial charge is 0.591 e. The molecular formula is C13H8O5S. The highest BCUT2D eigenvalue weighted by molar-refractivity contribution is 7.24. The smallest absolute Gasteiger partial charge is 0.282 e. The van der Waals surface area contributed by atoms with Crippen molar-refractivity contribution in [3.63, 3.8) is 0 Å². The highest BCUT2D eigenvalue weighted by Crippen LogP contribution is 2.22. The van der Waals surface area contributed by atoms with Crippen LogP contribution in [-0.2, 0) is 0 Å². The molecule has 96 valence electrons. The quantitative estimate of drug-likeness (QED) is 0.579. The lowest BCUT2D eigenvalue weighted by molar-refractivity contribution is -0.0503. The number of benzene rings is 2. The first-order valence-corrected chi connectivity index (χ1v) is 6.23. The summed E-state index contributed by atoms with van der Waals surface area (Å²) in [6, 6.07) is 14.4. The predicted octanol–water partition coefficient (Wildman–Crippen LogP) is 4.04. The Balaban J connectivity index is 2.56. The fourth-order valence-electron chi connectivity index (χ4n) is 1.50. The number of hydrogen-bond donors (Lipinski definition) is 0. The maximum atomic E-state index is 11.2. The van der Waals surface area contributed by atoms with Gasteiger partial charge in [-0.05, 0) is 24.3 Å². The lowest BCUT2D eigenvalue weighted by Gasteiger charge is -1.92. The first-order chi connectivity index (χ1) is 9.33. The second-order valence-electron chi connectivity index (χ2n) is 3.58. The lowest BCUT2D eigenvalue weighted by Crippen LogP contribution is -1.89. The van der Waals surface area contributed by atoms with Crippen molar-refractivity contribution in [3.8, 4) is 0 Å². The minimum absolute atomic E-state index is 0.432. The first-order valence-electron chi connectivity index (χ1n) is 5.42. The van der Waals surface area contributed by atoms with Crippen LogP contribution < -0.4 is 5.82 Å². The molecule has 19 heavy (non-hydrogen) atoms. The van der Waals surface area contributed by atoms with Crippen molar-refractivity contribution in [2.45, 2.75) is 0 Å². The zero-order valence-corrected chi connectivity index (χ0v) is 10.4. The van der Waals surface area contributed by atoms with Crippen LogP contribution in [-0.4, -0.2) is 0 Å². The van der Waals surface area contributed by atoms with E-state index in [9.17, 15) is 4.79 Å². The zero-order chi connectivity index (χ0) is 13.1. The van der Waals surface area contributed by atoms with Gasteiger partial charge in [-0.1, -0.05) is 24.3 Å². The topological polar surface area (TPSA) is 69.6 Å². The van der Waals surface area contributed by atoms with Gasteiger partial charge in [-0.2, -0.15) is 4.79 Å². The van der Waals surface area contributed by atoms with Crippen LogP contribution in [0.3, 0.4) is 0 Å². The van der Waals surface area contributed by atoms with E-state index in [0.717, 1.165) is 9.40 Å². The number of hydrogen-bond acceptors (Lipinski definition) is 6. The van der Waals surface area contributed by atoms with Crippen molar-refractivity contribution in [3.05, 3.63) is 59.1 Å².